The molecule has 1 heterocycles. The largest absolute Gasteiger partial charge is 0.494 e. The predicted molar refractivity (Wildman–Crippen MR) is 100 cm³/mol. The predicted octanol–water partition coefficient (Wildman–Crippen LogP) is 3.38. The number of carbonyl (C=O) groups is 2. The van der Waals surface area contributed by atoms with E-state index in [1.54, 1.807) is 42.5 Å². The van der Waals surface area contributed by atoms with Gasteiger partial charge in [0.05, 0.1) is 25.5 Å². The number of methoxy groups -OCH3 is 1. The Balaban J connectivity index is 1.65. The molecule has 0 saturated heterocycles. The quantitative estimate of drug-likeness (QED) is 0.410. The third-order valence-corrected chi connectivity index (χ3v) is 3.73. The molecule has 3 rings (SSSR count). The molecular weight excluding hydrogens is 348 g/mol. The van der Waals surface area contributed by atoms with Crippen molar-refractivity contribution in [3.05, 3.63) is 65.4 Å². The van der Waals surface area contributed by atoms with Gasteiger partial charge in [-0.15, -0.1) is 0 Å². The first-order valence-electron chi connectivity index (χ1n) is 8.29. The van der Waals surface area contributed by atoms with E-state index in [-0.39, 0.29) is 5.76 Å². The van der Waals surface area contributed by atoms with Crippen molar-refractivity contribution in [3.8, 4) is 5.75 Å². The van der Waals surface area contributed by atoms with Crippen molar-refractivity contribution in [1.82, 2.24) is 5.43 Å². The molecule has 138 valence electrons. The molecule has 1 amide bonds. The lowest BCUT2D eigenvalue weighted by molar-refractivity contribution is 0.0600. The average molecular weight is 366 g/mol. The van der Waals surface area contributed by atoms with Gasteiger partial charge in [0.2, 0.25) is 0 Å². The van der Waals surface area contributed by atoms with Gasteiger partial charge < -0.3 is 13.9 Å². The third-order valence-electron chi connectivity index (χ3n) is 3.73. The van der Waals surface area contributed by atoms with E-state index in [1.165, 1.54) is 13.3 Å². The van der Waals surface area contributed by atoms with Crippen LogP contribution in [0.1, 0.15) is 33.4 Å². The van der Waals surface area contributed by atoms with Crippen LogP contribution in [0.2, 0.25) is 0 Å². The number of carbonyl (C=O) groups excluding carboxylic acids is 2. The van der Waals surface area contributed by atoms with Gasteiger partial charge in [-0.3, -0.25) is 4.79 Å². The second kappa shape index (κ2) is 8.18. The van der Waals surface area contributed by atoms with Gasteiger partial charge in [-0.25, -0.2) is 10.2 Å². The van der Waals surface area contributed by atoms with E-state index in [1.807, 2.05) is 13.0 Å². The number of hydrogen-bond donors (Lipinski definition) is 1. The van der Waals surface area contributed by atoms with Crippen molar-refractivity contribution >= 4 is 29.1 Å². The van der Waals surface area contributed by atoms with Crippen LogP contribution in [0.3, 0.4) is 0 Å². The number of nitrogens with one attached hydrogen (secondary N) is 1. The van der Waals surface area contributed by atoms with Crippen LogP contribution in [0, 0.1) is 0 Å². The number of amides is 1. The number of rotatable bonds is 6. The van der Waals surface area contributed by atoms with E-state index in [2.05, 4.69) is 15.3 Å². The fourth-order valence-corrected chi connectivity index (χ4v) is 2.43. The summed E-state index contributed by atoms with van der Waals surface area (Å²) in [5, 5.41) is 4.68. The van der Waals surface area contributed by atoms with E-state index in [0.29, 0.717) is 29.1 Å². The highest BCUT2D eigenvalue weighted by atomic mass is 16.5. The highest BCUT2D eigenvalue weighted by molar-refractivity contribution is 5.97. The summed E-state index contributed by atoms with van der Waals surface area (Å²) in [5.41, 5.74) is 4.15. The van der Waals surface area contributed by atoms with Gasteiger partial charge in [-0.2, -0.15) is 5.10 Å². The second-order valence-corrected chi connectivity index (χ2v) is 5.56. The number of benzene rings is 2. The van der Waals surface area contributed by atoms with Crippen LogP contribution in [0.4, 0.5) is 0 Å². The number of fused-ring (bicyclic) bond motifs is 1. The summed E-state index contributed by atoms with van der Waals surface area (Å²) in [6, 6.07) is 13.6. The monoisotopic (exact) mass is 366 g/mol. The molecule has 0 saturated carbocycles. The fourth-order valence-electron chi connectivity index (χ4n) is 2.43. The highest BCUT2D eigenvalue weighted by Crippen LogP contribution is 2.24. The van der Waals surface area contributed by atoms with E-state index in [9.17, 15) is 9.59 Å². The Bertz CT molecular complexity index is 989. The molecule has 0 unspecified atom stereocenters. The molecule has 1 N–H and O–H groups in total. The van der Waals surface area contributed by atoms with Crippen molar-refractivity contribution in [1.29, 1.82) is 0 Å². The summed E-state index contributed by atoms with van der Waals surface area (Å²) in [5.74, 6) is -0.0150. The number of hydrazone groups is 1. The molecule has 7 heteroatoms. The lowest BCUT2D eigenvalue weighted by Gasteiger charge is -2.00. The van der Waals surface area contributed by atoms with E-state index >= 15 is 0 Å². The normalized spacial score (nSPS) is 10.9. The smallest absolute Gasteiger partial charge is 0.337 e. The Morgan fingerprint density at radius 1 is 1.15 bits per heavy atom. The molecule has 0 fully saturated rings. The summed E-state index contributed by atoms with van der Waals surface area (Å²) in [7, 11) is 1.32. The summed E-state index contributed by atoms with van der Waals surface area (Å²) >= 11 is 0. The van der Waals surface area contributed by atoms with Crippen molar-refractivity contribution in [2.45, 2.75) is 6.92 Å². The zero-order valence-electron chi connectivity index (χ0n) is 14.9. The zero-order valence-corrected chi connectivity index (χ0v) is 14.9. The Morgan fingerprint density at radius 2 is 1.93 bits per heavy atom. The first kappa shape index (κ1) is 18.2. The van der Waals surface area contributed by atoms with Crippen LogP contribution in [-0.4, -0.2) is 31.8 Å². The van der Waals surface area contributed by atoms with Gasteiger partial charge in [0.1, 0.15) is 11.3 Å². The van der Waals surface area contributed by atoms with Gasteiger partial charge in [-0.1, -0.05) is 12.1 Å². The molecule has 0 radical (unpaired) electrons. The van der Waals surface area contributed by atoms with Gasteiger partial charge in [0.25, 0.3) is 0 Å². The van der Waals surface area contributed by atoms with Crippen LogP contribution in [0.15, 0.2) is 58.0 Å². The number of nitrogens with zero attached hydrogens (tertiary/aromatic N) is 1. The maximum Gasteiger partial charge on any atom is 0.337 e. The molecule has 27 heavy (non-hydrogen) atoms. The Kier molecular flexibility index (Phi) is 5.51. The molecule has 2 aromatic carbocycles. The molecule has 1 aromatic heterocycles. The first-order chi connectivity index (χ1) is 13.1. The van der Waals surface area contributed by atoms with E-state index < -0.39 is 11.9 Å². The molecule has 0 aliphatic rings. The third kappa shape index (κ3) is 4.33. The van der Waals surface area contributed by atoms with Crippen molar-refractivity contribution < 1.29 is 23.5 Å². The molecule has 0 spiro atoms. The van der Waals surface area contributed by atoms with Gasteiger partial charge in [0, 0.05) is 5.39 Å². The fraction of sp³-hybridized carbons (Fsp3) is 0.150. The maximum absolute atomic E-state index is 12.2. The van der Waals surface area contributed by atoms with Gasteiger partial charge in [-0.05, 0) is 48.9 Å². The van der Waals surface area contributed by atoms with Crippen LogP contribution in [0.25, 0.3) is 11.0 Å². The molecule has 0 atom stereocenters. The zero-order chi connectivity index (χ0) is 19.2. The second-order valence-electron chi connectivity index (χ2n) is 5.56. The lowest BCUT2D eigenvalue weighted by Crippen LogP contribution is -2.16. The topological polar surface area (TPSA) is 90.1 Å². The van der Waals surface area contributed by atoms with Crippen LogP contribution >= 0.6 is 0 Å². The Hall–Kier alpha value is -3.61. The minimum absolute atomic E-state index is 0.150. The number of ether oxygens (including phenoxy) is 2. The lowest BCUT2D eigenvalue weighted by atomic mass is 10.1. The summed E-state index contributed by atoms with van der Waals surface area (Å²) in [6.07, 6.45) is 1.47. The van der Waals surface area contributed by atoms with Crippen molar-refractivity contribution in [2.24, 2.45) is 5.10 Å². The number of esters is 1. The van der Waals surface area contributed by atoms with Crippen LogP contribution in [-0.2, 0) is 4.74 Å². The number of hydrogen-bond acceptors (Lipinski definition) is 6. The molecule has 0 aliphatic carbocycles. The minimum Gasteiger partial charge on any atom is -0.494 e. The standard InChI is InChI=1S/C20H18N2O5/c1-3-26-16-8-9-17-15(10-16)11-18(27-17)19(23)22-21-12-13-4-6-14(7-5-13)20(24)25-2/h4-12H,3H2,1-2H3,(H,22,23)/b21-12+. The summed E-state index contributed by atoms with van der Waals surface area (Å²) in [6.45, 7) is 2.46. The van der Waals surface area contributed by atoms with E-state index in [4.69, 9.17) is 9.15 Å². The Labute approximate surface area is 155 Å². The molecule has 7 nitrogen and oxygen atoms in total. The SMILES string of the molecule is CCOc1ccc2oc(C(=O)N/N=C/c3ccc(C(=O)OC)cc3)cc2c1. The van der Waals surface area contributed by atoms with Gasteiger partial charge >= 0.3 is 11.9 Å². The summed E-state index contributed by atoms with van der Waals surface area (Å²) < 4.78 is 15.6. The molecule has 0 bridgehead atoms. The highest BCUT2D eigenvalue weighted by Gasteiger charge is 2.12. The van der Waals surface area contributed by atoms with Crippen molar-refractivity contribution in [2.75, 3.05) is 13.7 Å². The average Bonchev–Trinajstić information content (AvgIpc) is 3.11. The summed E-state index contributed by atoms with van der Waals surface area (Å²) in [4.78, 5) is 23.6. The van der Waals surface area contributed by atoms with Gasteiger partial charge in [0.15, 0.2) is 5.76 Å². The van der Waals surface area contributed by atoms with Crippen LogP contribution in [0.5, 0.6) is 5.75 Å². The Morgan fingerprint density at radius 3 is 2.63 bits per heavy atom. The minimum atomic E-state index is -0.466. The maximum atomic E-state index is 12.2. The first-order valence-corrected chi connectivity index (χ1v) is 8.29. The molecule has 0 aliphatic heterocycles. The van der Waals surface area contributed by atoms with Crippen LogP contribution < -0.4 is 10.2 Å². The van der Waals surface area contributed by atoms with E-state index in [0.717, 1.165) is 5.39 Å². The molecule has 3 aromatic rings. The molecular formula is C20H18N2O5. The number of furan rings is 1. The van der Waals surface area contributed by atoms with Crippen molar-refractivity contribution in [3.63, 3.8) is 0 Å².